The fourth-order valence-corrected chi connectivity index (χ4v) is 3.23. The molecule has 2 rings (SSSR count). The first-order chi connectivity index (χ1) is 16.5. The second-order valence-corrected chi connectivity index (χ2v) is 7.68. The van der Waals surface area contributed by atoms with Gasteiger partial charge in [-0.3, -0.25) is 24.0 Å². The zero-order valence-corrected chi connectivity index (χ0v) is 18.4. The Kier molecular flexibility index (Phi) is 9.28. The molecule has 0 spiro atoms. The average Bonchev–Trinajstić information content (AvgIpc) is 3.18. The number of primary amides is 1. The number of aromatic nitrogens is 1. The van der Waals surface area contributed by atoms with E-state index in [4.69, 9.17) is 16.6 Å². The molecule has 0 bridgehead atoms. The van der Waals surface area contributed by atoms with Gasteiger partial charge in [0.15, 0.2) is 0 Å². The minimum Gasteiger partial charge on any atom is -0.481 e. The summed E-state index contributed by atoms with van der Waals surface area (Å²) < 4.78 is 0. The number of rotatable bonds is 13. The van der Waals surface area contributed by atoms with E-state index < -0.39 is 73.1 Å². The molecule has 1 aromatic carbocycles. The lowest BCUT2D eigenvalue weighted by Gasteiger charge is -2.21. The number of carboxylic acids is 2. The van der Waals surface area contributed by atoms with Crippen LogP contribution in [-0.4, -0.2) is 75.4 Å². The van der Waals surface area contributed by atoms with E-state index in [2.05, 4.69) is 20.9 Å². The summed E-state index contributed by atoms with van der Waals surface area (Å²) in [6.07, 6.45) is 0.242. The molecule has 1 aromatic heterocycles. The van der Waals surface area contributed by atoms with Crippen molar-refractivity contribution in [3.05, 3.63) is 36.0 Å². The van der Waals surface area contributed by atoms with Crippen LogP contribution in [0, 0.1) is 0 Å². The lowest BCUT2D eigenvalue weighted by molar-refractivity contribution is -0.147. The smallest absolute Gasteiger partial charge is 0.326 e. The van der Waals surface area contributed by atoms with Crippen LogP contribution in [0.5, 0.6) is 0 Å². The molecule has 188 valence electrons. The first-order valence-corrected chi connectivity index (χ1v) is 10.4. The van der Waals surface area contributed by atoms with Crippen LogP contribution in [0.3, 0.4) is 0 Å². The van der Waals surface area contributed by atoms with E-state index in [1.54, 1.807) is 30.5 Å². The predicted octanol–water partition coefficient (Wildman–Crippen LogP) is -2.44. The number of nitrogens with one attached hydrogen (secondary N) is 4. The van der Waals surface area contributed by atoms with Crippen LogP contribution in [0.2, 0.25) is 0 Å². The quantitative estimate of drug-likeness (QED) is 0.148. The predicted molar refractivity (Wildman–Crippen MR) is 121 cm³/mol. The maximum Gasteiger partial charge on any atom is 0.326 e. The van der Waals surface area contributed by atoms with Crippen molar-refractivity contribution in [1.29, 1.82) is 0 Å². The molecule has 0 saturated carbocycles. The molecule has 0 aliphatic rings. The number of aromatic amines is 1. The van der Waals surface area contributed by atoms with Gasteiger partial charge in [-0.05, 0) is 11.6 Å². The van der Waals surface area contributed by atoms with Crippen molar-refractivity contribution < 1.29 is 39.0 Å². The Balaban J connectivity index is 2.16. The molecule has 4 amide bonds. The molecule has 0 radical (unpaired) electrons. The fourth-order valence-electron chi connectivity index (χ4n) is 3.23. The Bertz CT molecular complexity index is 1130. The summed E-state index contributed by atoms with van der Waals surface area (Å²) in [4.78, 5) is 73.4. The highest BCUT2D eigenvalue weighted by Crippen LogP contribution is 2.19. The number of para-hydroxylation sites is 1. The molecule has 10 N–H and O–H groups in total. The SMILES string of the molecule is NC(=O)CC(N)C(=O)NCC(=O)NC(Cc1c[nH]c2ccccc12)C(=O)NC(CC(=O)O)C(=O)O. The largest absolute Gasteiger partial charge is 0.481 e. The lowest BCUT2D eigenvalue weighted by atomic mass is 10.0. The number of amides is 4. The fraction of sp³-hybridized carbons (Fsp3) is 0.333. The Hall–Kier alpha value is -4.46. The summed E-state index contributed by atoms with van der Waals surface area (Å²) >= 11 is 0. The van der Waals surface area contributed by atoms with Gasteiger partial charge in [-0.25, -0.2) is 4.79 Å². The normalized spacial score (nSPS) is 13.3. The third kappa shape index (κ3) is 8.12. The molecule has 0 aliphatic heterocycles. The number of hydrogen-bond acceptors (Lipinski definition) is 7. The topological polar surface area (TPSA) is 247 Å². The van der Waals surface area contributed by atoms with Gasteiger partial charge in [-0.2, -0.15) is 0 Å². The van der Waals surface area contributed by atoms with Crippen LogP contribution in [0.4, 0.5) is 0 Å². The Morgan fingerprint density at radius 3 is 2.26 bits per heavy atom. The molecule has 3 atom stereocenters. The highest BCUT2D eigenvalue weighted by atomic mass is 16.4. The van der Waals surface area contributed by atoms with E-state index in [0.29, 0.717) is 5.56 Å². The molecule has 35 heavy (non-hydrogen) atoms. The zero-order chi connectivity index (χ0) is 26.1. The van der Waals surface area contributed by atoms with Crippen LogP contribution in [0.15, 0.2) is 30.5 Å². The first-order valence-electron chi connectivity index (χ1n) is 10.4. The summed E-state index contributed by atoms with van der Waals surface area (Å²) in [6, 6.07) is 2.84. The standard InChI is InChI=1S/C21H26N6O8/c22-12(6-16(23)28)19(32)25-9-17(29)26-14(20(33)27-15(21(34)35)7-18(30)31)5-10-8-24-13-4-2-1-3-11(10)13/h1-4,8,12,14-15,24H,5-7,9,22H2,(H2,23,28)(H,25,32)(H,26,29)(H,27,33)(H,30,31)(H,34,35). The van der Waals surface area contributed by atoms with Crippen molar-refractivity contribution >= 4 is 46.5 Å². The third-order valence-corrected chi connectivity index (χ3v) is 4.93. The monoisotopic (exact) mass is 490 g/mol. The number of carboxylic acid groups (broad SMARTS) is 2. The molecule has 14 nitrogen and oxygen atoms in total. The Morgan fingerprint density at radius 1 is 0.943 bits per heavy atom. The van der Waals surface area contributed by atoms with Crippen molar-refractivity contribution in [2.45, 2.75) is 37.4 Å². The van der Waals surface area contributed by atoms with E-state index in [9.17, 15) is 33.9 Å². The van der Waals surface area contributed by atoms with Gasteiger partial charge in [-0.15, -0.1) is 0 Å². The molecule has 0 saturated heterocycles. The first kappa shape index (κ1) is 26.8. The minimum absolute atomic E-state index is 0.0733. The van der Waals surface area contributed by atoms with Crippen molar-refractivity contribution in [1.82, 2.24) is 20.9 Å². The number of nitrogens with two attached hydrogens (primary N) is 2. The molecular weight excluding hydrogens is 464 g/mol. The molecule has 0 aliphatic carbocycles. The van der Waals surface area contributed by atoms with Gasteiger partial charge in [0.2, 0.25) is 23.6 Å². The highest BCUT2D eigenvalue weighted by molar-refractivity contribution is 5.94. The van der Waals surface area contributed by atoms with Crippen LogP contribution in [0.25, 0.3) is 10.9 Å². The molecule has 0 fully saturated rings. The minimum atomic E-state index is -1.73. The van der Waals surface area contributed by atoms with Crippen LogP contribution >= 0.6 is 0 Å². The lowest BCUT2D eigenvalue weighted by Crippen LogP contribution is -2.54. The summed E-state index contributed by atoms with van der Waals surface area (Å²) in [5.41, 5.74) is 11.9. The van der Waals surface area contributed by atoms with E-state index in [1.165, 1.54) is 0 Å². The zero-order valence-electron chi connectivity index (χ0n) is 18.4. The second kappa shape index (κ2) is 12.1. The van der Waals surface area contributed by atoms with Gasteiger partial charge >= 0.3 is 11.9 Å². The number of carbonyl (C=O) groups excluding carboxylic acids is 4. The molecule has 14 heteroatoms. The number of fused-ring (bicyclic) bond motifs is 1. The summed E-state index contributed by atoms with van der Waals surface area (Å²) in [7, 11) is 0. The number of H-pyrrole nitrogens is 1. The van der Waals surface area contributed by atoms with Gasteiger partial charge in [-0.1, -0.05) is 18.2 Å². The number of aliphatic carboxylic acids is 2. The van der Waals surface area contributed by atoms with Crippen molar-refractivity contribution in [3.63, 3.8) is 0 Å². The number of benzene rings is 1. The van der Waals surface area contributed by atoms with Crippen LogP contribution in [-0.2, 0) is 35.2 Å². The average molecular weight is 490 g/mol. The maximum atomic E-state index is 12.9. The Morgan fingerprint density at radius 2 is 1.63 bits per heavy atom. The van der Waals surface area contributed by atoms with E-state index in [0.717, 1.165) is 10.9 Å². The van der Waals surface area contributed by atoms with Crippen LogP contribution < -0.4 is 27.4 Å². The van der Waals surface area contributed by atoms with E-state index >= 15 is 0 Å². The summed E-state index contributed by atoms with van der Waals surface area (Å²) in [5.74, 6) is -6.37. The molecule has 3 unspecified atom stereocenters. The van der Waals surface area contributed by atoms with Gasteiger partial charge in [0, 0.05) is 23.5 Å². The number of carbonyl (C=O) groups is 6. The molecule has 2 aromatic rings. The van der Waals surface area contributed by atoms with Crippen molar-refractivity contribution in [2.75, 3.05) is 6.54 Å². The van der Waals surface area contributed by atoms with E-state index in [-0.39, 0.29) is 6.42 Å². The van der Waals surface area contributed by atoms with Gasteiger partial charge in [0.1, 0.15) is 12.1 Å². The van der Waals surface area contributed by atoms with Gasteiger partial charge in [0.25, 0.3) is 0 Å². The van der Waals surface area contributed by atoms with Crippen molar-refractivity contribution in [3.8, 4) is 0 Å². The molecule has 1 heterocycles. The van der Waals surface area contributed by atoms with Gasteiger partial charge in [0.05, 0.1) is 25.4 Å². The third-order valence-electron chi connectivity index (χ3n) is 4.93. The van der Waals surface area contributed by atoms with Crippen LogP contribution in [0.1, 0.15) is 18.4 Å². The maximum absolute atomic E-state index is 12.9. The highest BCUT2D eigenvalue weighted by Gasteiger charge is 2.29. The summed E-state index contributed by atoms with van der Waals surface area (Å²) in [6.45, 7) is -0.597. The molecular formula is C21H26N6O8. The van der Waals surface area contributed by atoms with Crippen molar-refractivity contribution in [2.24, 2.45) is 11.5 Å². The van der Waals surface area contributed by atoms with E-state index in [1.807, 2.05) is 0 Å². The number of hydrogen-bond donors (Lipinski definition) is 8. The summed E-state index contributed by atoms with van der Waals surface area (Å²) in [5, 5.41) is 25.6. The Labute approximate surface area is 198 Å². The second-order valence-electron chi connectivity index (χ2n) is 7.68. The van der Waals surface area contributed by atoms with Gasteiger partial charge < -0.3 is 42.6 Å².